The molecule has 3 atom stereocenters. The number of ether oxygens (including phenoxy) is 1. The van der Waals surface area contributed by atoms with E-state index in [4.69, 9.17) is 13.8 Å². The zero-order valence-electron chi connectivity index (χ0n) is 40.2. The molecule has 0 aliphatic heterocycles. The van der Waals surface area contributed by atoms with E-state index in [2.05, 4.69) is 147 Å². The van der Waals surface area contributed by atoms with E-state index >= 15 is 0 Å². The number of carboxylic acid groups (broad SMARTS) is 1. The van der Waals surface area contributed by atoms with Gasteiger partial charge in [0, 0.05) is 12.8 Å². The number of carbonyl (C=O) groups excluding carboxylic acids is 2. The molecule has 0 fully saturated rings. The van der Waals surface area contributed by atoms with Crippen molar-refractivity contribution in [2.45, 2.75) is 167 Å². The molecule has 0 aliphatic rings. The molecule has 0 rings (SSSR count). The van der Waals surface area contributed by atoms with E-state index in [9.17, 15) is 34.1 Å². The molecule has 370 valence electrons. The summed E-state index contributed by atoms with van der Waals surface area (Å²) in [6.45, 7) is 2.30. The first-order valence-corrected chi connectivity index (χ1v) is 25.7. The number of rotatable bonds is 43. The zero-order chi connectivity index (χ0) is 48.4. The first-order valence-electron chi connectivity index (χ1n) is 24.2. The van der Waals surface area contributed by atoms with Crippen molar-refractivity contribution in [3.63, 3.8) is 0 Å². The van der Waals surface area contributed by atoms with Gasteiger partial charge in [-0.3, -0.25) is 18.6 Å². The van der Waals surface area contributed by atoms with Crippen LogP contribution in [0.25, 0.3) is 0 Å². The number of amides is 1. The summed E-state index contributed by atoms with van der Waals surface area (Å²) >= 11 is 0. The SMILES string of the molecule is CC/C=C\C/C=C\C/C=C\C/C=C\C/C=C\C/C=C\CCCCC(=O)NC(COP(=O)(O)OCC(O)COC(=O)CCCCCCC/C=C\C/C=C\C/C=C\C/C=C\C/C=C\CC)C(=O)O. The lowest BCUT2D eigenvalue weighted by Crippen LogP contribution is -2.43. The number of carbonyl (C=O) groups is 3. The molecule has 0 aliphatic carbocycles. The highest BCUT2D eigenvalue weighted by molar-refractivity contribution is 7.47. The molecule has 4 N–H and O–H groups in total. The normalized spacial score (nSPS) is 14.7. The molecule has 1 amide bonds. The third-order valence-corrected chi connectivity index (χ3v) is 10.4. The first kappa shape index (κ1) is 61.6. The predicted molar refractivity (Wildman–Crippen MR) is 272 cm³/mol. The summed E-state index contributed by atoms with van der Waals surface area (Å²) in [6.07, 6.45) is 64.7. The monoisotopic (exact) mass is 938 g/mol. The number of esters is 1. The second kappa shape index (κ2) is 47.1. The molecule has 0 saturated heterocycles. The minimum Gasteiger partial charge on any atom is -0.480 e. The van der Waals surface area contributed by atoms with Gasteiger partial charge < -0.3 is 25.2 Å². The van der Waals surface area contributed by atoms with E-state index < -0.39 is 57.6 Å². The van der Waals surface area contributed by atoms with Crippen molar-refractivity contribution in [2.75, 3.05) is 19.8 Å². The number of hydrogen-bond donors (Lipinski definition) is 4. The molecule has 11 nitrogen and oxygen atoms in total. The Labute approximate surface area is 398 Å². The fourth-order valence-corrected chi connectivity index (χ4v) is 6.53. The van der Waals surface area contributed by atoms with Crippen LogP contribution in [0.4, 0.5) is 0 Å². The van der Waals surface area contributed by atoms with Gasteiger partial charge in [-0.1, -0.05) is 167 Å². The maximum absolute atomic E-state index is 12.3. The smallest absolute Gasteiger partial charge is 0.472 e. The van der Waals surface area contributed by atoms with Crippen molar-refractivity contribution >= 4 is 25.7 Å². The van der Waals surface area contributed by atoms with Crippen LogP contribution in [0.2, 0.25) is 0 Å². The number of aliphatic hydroxyl groups is 1. The lowest BCUT2D eigenvalue weighted by atomic mass is 10.1. The van der Waals surface area contributed by atoms with Crippen LogP contribution in [0.3, 0.4) is 0 Å². The van der Waals surface area contributed by atoms with Crippen LogP contribution in [-0.2, 0) is 32.7 Å². The van der Waals surface area contributed by atoms with E-state index in [1.165, 1.54) is 0 Å². The van der Waals surface area contributed by atoms with E-state index in [-0.39, 0.29) is 12.8 Å². The second-order valence-corrected chi connectivity index (χ2v) is 17.0. The average molecular weight is 938 g/mol. The molecule has 0 aromatic carbocycles. The highest BCUT2D eigenvalue weighted by Gasteiger charge is 2.28. The van der Waals surface area contributed by atoms with Crippen molar-refractivity contribution in [1.29, 1.82) is 0 Å². The van der Waals surface area contributed by atoms with E-state index in [0.717, 1.165) is 116 Å². The molecule has 0 aromatic heterocycles. The topological polar surface area (TPSA) is 169 Å². The number of phosphoric acid groups is 1. The van der Waals surface area contributed by atoms with E-state index in [1.807, 2.05) is 6.08 Å². The fraction of sp³-hybridized carbons (Fsp3) is 0.537. The predicted octanol–water partition coefficient (Wildman–Crippen LogP) is 13.3. The van der Waals surface area contributed by atoms with E-state index in [1.54, 1.807) is 0 Å². The highest BCUT2D eigenvalue weighted by atomic mass is 31.2. The minimum absolute atomic E-state index is 0.0804. The molecule has 0 spiro atoms. The van der Waals surface area contributed by atoms with Gasteiger partial charge in [0.05, 0.1) is 13.2 Å². The van der Waals surface area contributed by atoms with Gasteiger partial charge in [-0.25, -0.2) is 9.36 Å². The van der Waals surface area contributed by atoms with Gasteiger partial charge in [-0.2, -0.15) is 0 Å². The molecule has 12 heteroatoms. The largest absolute Gasteiger partial charge is 0.480 e. The standard InChI is InChI=1S/C54H84NO10P/c1-3-5-7-9-11-13-15-17-19-21-23-25-27-29-31-33-35-37-39-41-43-45-52(57)55-51(54(59)60)49-65-66(61,62)64-48-50(56)47-63-53(58)46-44-42-40-38-36-34-32-30-28-26-24-22-20-18-16-14-12-10-8-6-4-2/h5-8,11-14,17-20,23-26,29-32,35,37,50-51,56H,3-4,9-10,15-16,21-22,27-28,33-34,36,38-49H2,1-2H3,(H,55,57)(H,59,60)(H,61,62)/b7-5-,8-6-,13-11-,14-12-,19-17-,20-18-,25-23-,26-24-,31-29-,32-30-,37-35-. The number of hydrogen-bond acceptors (Lipinski definition) is 8. The van der Waals surface area contributed by atoms with Gasteiger partial charge in [0.1, 0.15) is 12.7 Å². The molecule has 0 aromatic rings. The maximum Gasteiger partial charge on any atom is 0.472 e. The summed E-state index contributed by atoms with van der Waals surface area (Å²) in [5.74, 6) is -2.48. The second-order valence-electron chi connectivity index (χ2n) is 15.5. The number of aliphatic carboxylic acids is 1. The number of nitrogens with one attached hydrogen (secondary N) is 1. The Morgan fingerprint density at radius 3 is 1.26 bits per heavy atom. The van der Waals surface area contributed by atoms with Crippen molar-refractivity contribution in [3.05, 3.63) is 134 Å². The number of phosphoric ester groups is 1. The van der Waals surface area contributed by atoms with Crippen molar-refractivity contribution < 1.29 is 47.8 Å². The van der Waals surface area contributed by atoms with Crippen LogP contribution < -0.4 is 5.32 Å². The van der Waals surface area contributed by atoms with Crippen molar-refractivity contribution in [2.24, 2.45) is 0 Å². The van der Waals surface area contributed by atoms with Gasteiger partial charge in [0.25, 0.3) is 0 Å². The Morgan fingerprint density at radius 2 is 0.833 bits per heavy atom. The summed E-state index contributed by atoms with van der Waals surface area (Å²) < 4.78 is 26.9. The Balaban J connectivity index is 4.00. The summed E-state index contributed by atoms with van der Waals surface area (Å²) in [5.41, 5.74) is 0. The van der Waals surface area contributed by atoms with Gasteiger partial charge in [-0.15, -0.1) is 0 Å². The van der Waals surface area contributed by atoms with Crippen LogP contribution in [0.1, 0.15) is 155 Å². The Kier molecular flexibility index (Phi) is 44.0. The lowest BCUT2D eigenvalue weighted by Gasteiger charge is -2.18. The highest BCUT2D eigenvalue weighted by Crippen LogP contribution is 2.43. The number of allylic oxidation sites excluding steroid dienone is 22. The number of aliphatic hydroxyl groups excluding tert-OH is 1. The molecule has 0 radical (unpaired) electrons. The van der Waals surface area contributed by atoms with Crippen LogP contribution in [0.15, 0.2) is 134 Å². The quantitative estimate of drug-likeness (QED) is 0.0200. The van der Waals surface area contributed by atoms with Crippen LogP contribution in [-0.4, -0.2) is 64.9 Å². The summed E-state index contributed by atoms with van der Waals surface area (Å²) in [4.78, 5) is 46.1. The third kappa shape index (κ3) is 46.2. The molecular weight excluding hydrogens is 854 g/mol. The summed E-state index contributed by atoms with van der Waals surface area (Å²) in [5, 5.41) is 21.9. The zero-order valence-corrected chi connectivity index (χ0v) is 41.1. The van der Waals surface area contributed by atoms with Crippen LogP contribution >= 0.6 is 7.82 Å². The first-order chi connectivity index (χ1) is 32.1. The Morgan fingerprint density at radius 1 is 0.485 bits per heavy atom. The minimum atomic E-state index is -4.79. The van der Waals surface area contributed by atoms with Crippen molar-refractivity contribution in [1.82, 2.24) is 5.32 Å². The maximum atomic E-state index is 12.3. The fourth-order valence-electron chi connectivity index (χ4n) is 5.75. The number of unbranched alkanes of at least 4 members (excludes halogenated alkanes) is 7. The molecule has 66 heavy (non-hydrogen) atoms. The number of carboxylic acids is 1. The van der Waals surface area contributed by atoms with Gasteiger partial charge in [0.2, 0.25) is 5.91 Å². The average Bonchev–Trinajstić information content (AvgIpc) is 3.29. The van der Waals surface area contributed by atoms with Crippen LogP contribution in [0.5, 0.6) is 0 Å². The molecule has 0 bridgehead atoms. The van der Waals surface area contributed by atoms with Gasteiger partial charge in [-0.05, 0) is 109 Å². The Bertz CT molecular complexity index is 1620. The molecule has 0 heterocycles. The van der Waals surface area contributed by atoms with Crippen LogP contribution in [0, 0.1) is 0 Å². The summed E-state index contributed by atoms with van der Waals surface area (Å²) in [6, 6.07) is -1.58. The van der Waals surface area contributed by atoms with Gasteiger partial charge >= 0.3 is 19.8 Å². The van der Waals surface area contributed by atoms with Gasteiger partial charge in [0.15, 0.2) is 6.04 Å². The lowest BCUT2D eigenvalue weighted by molar-refractivity contribution is -0.147. The summed E-state index contributed by atoms with van der Waals surface area (Å²) in [7, 11) is -4.79. The molecule has 0 saturated carbocycles. The Hall–Kier alpha value is -4.38. The third-order valence-electron chi connectivity index (χ3n) is 9.43. The molecule has 3 unspecified atom stereocenters. The van der Waals surface area contributed by atoms with E-state index in [0.29, 0.717) is 12.8 Å². The van der Waals surface area contributed by atoms with Crippen molar-refractivity contribution in [3.8, 4) is 0 Å². The molecular formula is C54H84NO10P.